The van der Waals surface area contributed by atoms with Crippen LogP contribution >= 0.6 is 0 Å². The van der Waals surface area contributed by atoms with Crippen molar-refractivity contribution in [3.8, 4) is 0 Å². The minimum Gasteiger partial charge on any atom is -0.306 e. The normalized spacial score (nSPS) is 28.3. The van der Waals surface area contributed by atoms with E-state index in [1.54, 1.807) is 0 Å². The predicted octanol–water partition coefficient (Wildman–Crippen LogP) is 0.226. The standard InChI is InChI=1S/C2H4N4/c3-6-5-2-1-4-2/h2,4H,1H2. The second kappa shape index (κ2) is 1.16. The van der Waals surface area contributed by atoms with E-state index in [9.17, 15) is 0 Å². The molecule has 1 fully saturated rings. The number of hydrogen-bond donors (Lipinski definition) is 1. The van der Waals surface area contributed by atoms with Crippen LogP contribution < -0.4 is 5.32 Å². The maximum Gasteiger partial charge on any atom is 0.0988 e. The Labute approximate surface area is 34.8 Å². The summed E-state index contributed by atoms with van der Waals surface area (Å²) < 4.78 is 0. The fourth-order valence-electron chi connectivity index (χ4n) is 0.197. The Morgan fingerprint density at radius 3 is 2.83 bits per heavy atom. The molecule has 1 heterocycles. The molecule has 1 N–H and O–H groups in total. The molecule has 1 saturated heterocycles. The lowest BCUT2D eigenvalue weighted by Crippen LogP contribution is -1.76. The van der Waals surface area contributed by atoms with Crippen LogP contribution in [0.5, 0.6) is 0 Å². The summed E-state index contributed by atoms with van der Waals surface area (Å²) in [6.07, 6.45) is 0.106. The zero-order valence-electron chi connectivity index (χ0n) is 3.13. The number of azide groups is 1. The Hall–Kier alpha value is -0.730. The number of rotatable bonds is 1. The van der Waals surface area contributed by atoms with E-state index in [0.717, 1.165) is 6.54 Å². The summed E-state index contributed by atoms with van der Waals surface area (Å²) in [7, 11) is 0. The molecule has 0 aromatic rings. The van der Waals surface area contributed by atoms with Crippen LogP contribution in [0.4, 0.5) is 0 Å². The molecule has 1 aliphatic heterocycles. The van der Waals surface area contributed by atoms with Gasteiger partial charge in [-0.15, -0.1) is 0 Å². The van der Waals surface area contributed by atoms with Crippen molar-refractivity contribution in [2.24, 2.45) is 5.11 Å². The molecule has 1 aliphatic rings. The lowest BCUT2D eigenvalue weighted by atomic mass is 10.8. The van der Waals surface area contributed by atoms with Gasteiger partial charge in [-0.05, 0) is 5.53 Å². The number of nitrogens with zero attached hydrogens (tertiary/aromatic N) is 3. The van der Waals surface area contributed by atoms with Gasteiger partial charge in [0.15, 0.2) is 0 Å². The van der Waals surface area contributed by atoms with Gasteiger partial charge in [0.05, 0.1) is 6.17 Å². The Kier molecular flexibility index (Phi) is 0.670. The van der Waals surface area contributed by atoms with Crippen LogP contribution in [0.3, 0.4) is 0 Å². The van der Waals surface area contributed by atoms with Gasteiger partial charge in [0.1, 0.15) is 0 Å². The van der Waals surface area contributed by atoms with Gasteiger partial charge in [-0.2, -0.15) is 0 Å². The van der Waals surface area contributed by atoms with Crippen LogP contribution in [0.25, 0.3) is 10.4 Å². The van der Waals surface area contributed by atoms with Crippen molar-refractivity contribution in [1.82, 2.24) is 5.32 Å². The monoisotopic (exact) mass is 84.0 g/mol. The van der Waals surface area contributed by atoms with Gasteiger partial charge >= 0.3 is 0 Å². The molecule has 0 saturated carbocycles. The summed E-state index contributed by atoms with van der Waals surface area (Å²) in [4.78, 5) is 2.56. The van der Waals surface area contributed by atoms with E-state index < -0.39 is 0 Å². The maximum absolute atomic E-state index is 7.70. The SMILES string of the molecule is [N-]=[N+]=NC1CN1. The first-order chi connectivity index (χ1) is 2.93. The number of hydrogen-bond acceptors (Lipinski definition) is 2. The zero-order chi connectivity index (χ0) is 4.41. The smallest absolute Gasteiger partial charge is 0.0988 e. The van der Waals surface area contributed by atoms with Crippen LogP contribution in [0.2, 0.25) is 0 Å². The number of nitrogens with one attached hydrogen (secondary N) is 1. The van der Waals surface area contributed by atoms with Crippen molar-refractivity contribution < 1.29 is 0 Å². The fraction of sp³-hybridized carbons (Fsp3) is 1.00. The molecular formula is C2H4N4. The third-order valence-corrected chi connectivity index (χ3v) is 0.578. The van der Waals surface area contributed by atoms with Gasteiger partial charge < -0.3 is 5.32 Å². The topological polar surface area (TPSA) is 70.7 Å². The maximum atomic E-state index is 7.70. The fourth-order valence-corrected chi connectivity index (χ4v) is 0.197. The third kappa shape index (κ3) is 0.607. The summed E-state index contributed by atoms with van der Waals surface area (Å²) in [6.45, 7) is 0.851. The molecule has 0 bridgehead atoms. The molecule has 0 spiro atoms. The summed E-state index contributed by atoms with van der Waals surface area (Å²) in [5, 5.41) is 6.12. The molecule has 0 amide bonds. The van der Waals surface area contributed by atoms with Crippen LogP contribution in [0.1, 0.15) is 0 Å². The lowest BCUT2D eigenvalue weighted by molar-refractivity contribution is 1.01. The van der Waals surface area contributed by atoms with Crippen molar-refractivity contribution in [2.75, 3.05) is 6.54 Å². The van der Waals surface area contributed by atoms with E-state index in [-0.39, 0.29) is 6.17 Å². The molecule has 1 rings (SSSR count). The molecular weight excluding hydrogens is 80.0 g/mol. The largest absolute Gasteiger partial charge is 0.306 e. The molecule has 1 unspecified atom stereocenters. The lowest BCUT2D eigenvalue weighted by Gasteiger charge is -1.60. The Morgan fingerprint density at radius 2 is 2.67 bits per heavy atom. The summed E-state index contributed by atoms with van der Waals surface area (Å²) in [5.41, 5.74) is 7.70. The van der Waals surface area contributed by atoms with E-state index in [1.807, 2.05) is 0 Å². The quantitative estimate of drug-likeness (QED) is 0.210. The second-order valence-electron chi connectivity index (χ2n) is 1.13. The molecule has 6 heavy (non-hydrogen) atoms. The third-order valence-electron chi connectivity index (χ3n) is 0.578. The summed E-state index contributed by atoms with van der Waals surface area (Å²) >= 11 is 0. The van der Waals surface area contributed by atoms with E-state index >= 15 is 0 Å². The van der Waals surface area contributed by atoms with Crippen molar-refractivity contribution in [3.05, 3.63) is 10.4 Å². The first-order valence-corrected chi connectivity index (χ1v) is 1.71. The van der Waals surface area contributed by atoms with Gasteiger partial charge in [0, 0.05) is 11.5 Å². The Bertz CT molecular complexity index is 87.7. The van der Waals surface area contributed by atoms with Crippen LogP contribution in [0, 0.1) is 0 Å². The highest BCUT2D eigenvalue weighted by atomic mass is 15.3. The van der Waals surface area contributed by atoms with E-state index in [2.05, 4.69) is 15.3 Å². The molecule has 1 atom stereocenters. The molecule has 32 valence electrons. The van der Waals surface area contributed by atoms with E-state index in [0.29, 0.717) is 0 Å². The van der Waals surface area contributed by atoms with Crippen molar-refractivity contribution in [2.45, 2.75) is 6.17 Å². The minimum atomic E-state index is 0.106. The highest BCUT2D eigenvalue weighted by Crippen LogP contribution is 1.95. The van der Waals surface area contributed by atoms with E-state index in [1.165, 1.54) is 0 Å². The summed E-state index contributed by atoms with van der Waals surface area (Å²) in [6, 6.07) is 0. The second-order valence-corrected chi connectivity index (χ2v) is 1.13. The van der Waals surface area contributed by atoms with Gasteiger partial charge in [0.25, 0.3) is 0 Å². The molecule has 0 aliphatic carbocycles. The van der Waals surface area contributed by atoms with Crippen molar-refractivity contribution in [3.63, 3.8) is 0 Å². The highest BCUT2D eigenvalue weighted by molar-refractivity contribution is 4.79. The predicted molar refractivity (Wildman–Crippen MR) is 20.9 cm³/mol. The van der Waals surface area contributed by atoms with Crippen LogP contribution in [-0.4, -0.2) is 12.7 Å². The van der Waals surface area contributed by atoms with Crippen LogP contribution in [0.15, 0.2) is 5.11 Å². The average molecular weight is 84.1 g/mol. The average Bonchev–Trinajstić information content (AvgIpc) is 2.21. The van der Waals surface area contributed by atoms with Crippen molar-refractivity contribution >= 4 is 0 Å². The first kappa shape index (κ1) is 3.46. The van der Waals surface area contributed by atoms with Crippen LogP contribution in [-0.2, 0) is 0 Å². The van der Waals surface area contributed by atoms with Gasteiger partial charge in [0.2, 0.25) is 0 Å². The van der Waals surface area contributed by atoms with Gasteiger partial charge in [-0.1, -0.05) is 5.11 Å². The first-order valence-electron chi connectivity index (χ1n) is 1.71. The van der Waals surface area contributed by atoms with E-state index in [4.69, 9.17) is 5.53 Å². The molecule has 4 nitrogen and oxygen atoms in total. The van der Waals surface area contributed by atoms with Gasteiger partial charge in [-0.25, -0.2) is 0 Å². The van der Waals surface area contributed by atoms with Crippen molar-refractivity contribution in [1.29, 1.82) is 0 Å². The Morgan fingerprint density at radius 1 is 2.00 bits per heavy atom. The molecule has 0 radical (unpaired) electrons. The van der Waals surface area contributed by atoms with Gasteiger partial charge in [-0.3, -0.25) is 0 Å². The molecule has 0 aromatic carbocycles. The minimum absolute atomic E-state index is 0.106. The highest BCUT2D eigenvalue weighted by Gasteiger charge is 2.16. The summed E-state index contributed by atoms with van der Waals surface area (Å²) in [5.74, 6) is 0. The zero-order valence-corrected chi connectivity index (χ0v) is 3.13. The molecule has 4 heteroatoms. The molecule has 0 aromatic heterocycles. The Balaban J connectivity index is 2.33.